The smallest absolute Gasteiger partial charge is 0.406 e. The van der Waals surface area contributed by atoms with E-state index in [0.29, 0.717) is 0 Å². The Kier molecular flexibility index (Phi) is 3.55. The Morgan fingerprint density at radius 3 is 3.07 bits per heavy atom. The van der Waals surface area contributed by atoms with Crippen molar-refractivity contribution in [2.75, 3.05) is 13.7 Å². The summed E-state index contributed by atoms with van der Waals surface area (Å²) >= 11 is 0. The van der Waals surface area contributed by atoms with E-state index in [-0.39, 0.29) is 18.3 Å². The van der Waals surface area contributed by atoms with Crippen LogP contribution in [0.1, 0.15) is 0 Å². The number of ether oxygens (including phenoxy) is 1. The first-order chi connectivity index (χ1) is 7.15. The third-order valence-corrected chi connectivity index (χ3v) is 1.56. The monoisotopic (exact) mass is 211 g/mol. The lowest BCUT2D eigenvalue weighted by Crippen LogP contribution is -2.25. The van der Waals surface area contributed by atoms with Gasteiger partial charge in [-0.2, -0.15) is 0 Å². The molecule has 15 heavy (non-hydrogen) atoms. The molecule has 0 aliphatic heterocycles. The van der Waals surface area contributed by atoms with Crippen molar-refractivity contribution < 1.29 is 14.5 Å². The molecule has 0 atom stereocenters. The summed E-state index contributed by atoms with van der Waals surface area (Å²) in [4.78, 5) is 24.2. The van der Waals surface area contributed by atoms with Gasteiger partial charge < -0.3 is 20.2 Å². The highest BCUT2D eigenvalue weighted by Gasteiger charge is 2.15. The molecule has 0 spiro atoms. The van der Waals surface area contributed by atoms with Crippen LogP contribution in [0.3, 0.4) is 0 Å². The van der Waals surface area contributed by atoms with Crippen LogP contribution < -0.4 is 10.1 Å². The Morgan fingerprint density at radius 1 is 1.73 bits per heavy atom. The lowest BCUT2D eigenvalue weighted by atomic mass is 10.4. The van der Waals surface area contributed by atoms with Crippen LogP contribution in [0.5, 0.6) is 5.75 Å². The molecule has 80 valence electrons. The molecular weight excluding hydrogens is 202 g/mol. The molecule has 0 aliphatic rings. The fourth-order valence-electron chi connectivity index (χ4n) is 0.847. The summed E-state index contributed by atoms with van der Waals surface area (Å²) in [6.07, 6.45) is 1.28. The highest BCUT2D eigenvalue weighted by Crippen LogP contribution is 2.22. The molecule has 0 saturated carbocycles. The molecule has 0 unspecified atom stereocenters. The first-order valence-corrected chi connectivity index (χ1v) is 4.08. The average molecular weight is 211 g/mol. The maximum Gasteiger partial charge on any atom is 0.406 e. The predicted octanol–water partition coefficient (Wildman–Crippen LogP) is 0.115. The fourth-order valence-corrected chi connectivity index (χ4v) is 0.847. The fraction of sp³-hybridized carbons (Fsp3) is 0.250. The van der Waals surface area contributed by atoms with Gasteiger partial charge in [-0.05, 0) is 22.0 Å². The summed E-state index contributed by atoms with van der Waals surface area (Å²) in [5.41, 5.74) is 0. The van der Waals surface area contributed by atoms with E-state index in [0.717, 1.165) is 0 Å². The summed E-state index contributed by atoms with van der Waals surface area (Å²) in [5, 5.41) is 12.8. The molecule has 0 aliphatic carbocycles. The van der Waals surface area contributed by atoms with Crippen LogP contribution in [0.2, 0.25) is 0 Å². The minimum absolute atomic E-state index is 0.0221. The van der Waals surface area contributed by atoms with Gasteiger partial charge in [0.15, 0.2) is 6.61 Å². The van der Waals surface area contributed by atoms with Gasteiger partial charge in [0.1, 0.15) is 6.20 Å². The molecule has 7 nitrogen and oxygen atoms in total. The van der Waals surface area contributed by atoms with Gasteiger partial charge in [-0.3, -0.25) is 4.79 Å². The largest absolute Gasteiger partial charge is 0.476 e. The number of amides is 1. The number of carbonyl (C=O) groups excluding carboxylic acids is 1. The standard InChI is InChI=1S/C8H9N3O4/c1-9-7(12)5-15-6-3-2-4-10-8(6)11(13)14/h2-4H,5H2,1H3,(H,9,12). The predicted molar refractivity (Wildman–Crippen MR) is 50.5 cm³/mol. The Bertz CT molecular complexity index is 380. The number of nitrogens with one attached hydrogen (secondary N) is 1. The van der Waals surface area contributed by atoms with Crippen LogP contribution in [0, 0.1) is 10.1 Å². The Morgan fingerprint density at radius 2 is 2.47 bits per heavy atom. The zero-order chi connectivity index (χ0) is 11.3. The molecule has 0 bridgehead atoms. The number of aromatic nitrogens is 1. The molecule has 1 aromatic rings. The maximum atomic E-state index is 10.8. The number of carbonyl (C=O) groups is 1. The van der Waals surface area contributed by atoms with Gasteiger partial charge in [0, 0.05) is 7.05 Å². The number of likely N-dealkylation sites (N-methyl/N-ethyl adjacent to an activating group) is 1. The molecule has 0 saturated heterocycles. The molecule has 1 amide bonds. The number of nitrogens with zero attached hydrogens (tertiary/aromatic N) is 2. The molecule has 0 fully saturated rings. The number of hydrogen-bond donors (Lipinski definition) is 1. The first kappa shape index (κ1) is 10.9. The summed E-state index contributed by atoms with van der Waals surface area (Å²) < 4.78 is 4.93. The molecular formula is C8H9N3O4. The Balaban J connectivity index is 2.76. The Labute approximate surface area is 85.2 Å². The quantitative estimate of drug-likeness (QED) is 0.563. The first-order valence-electron chi connectivity index (χ1n) is 4.08. The van der Waals surface area contributed by atoms with Crippen LogP contribution in [-0.4, -0.2) is 29.5 Å². The summed E-state index contributed by atoms with van der Waals surface area (Å²) in [5.74, 6) is -0.791. The van der Waals surface area contributed by atoms with Crippen LogP contribution in [0.15, 0.2) is 18.3 Å². The second-order valence-electron chi connectivity index (χ2n) is 2.54. The van der Waals surface area contributed by atoms with Gasteiger partial charge in [-0.15, -0.1) is 0 Å². The topological polar surface area (TPSA) is 94.4 Å². The Hall–Kier alpha value is -2.18. The zero-order valence-corrected chi connectivity index (χ0v) is 7.97. The van der Waals surface area contributed by atoms with E-state index in [1.54, 1.807) is 0 Å². The lowest BCUT2D eigenvalue weighted by molar-refractivity contribution is -0.390. The SMILES string of the molecule is CNC(=O)COc1cccnc1[N+](=O)[O-]. The normalized spacial score (nSPS) is 9.40. The molecule has 1 aromatic heterocycles. The summed E-state index contributed by atoms with van der Waals surface area (Å²) in [6, 6.07) is 2.88. The molecule has 1 N–H and O–H groups in total. The van der Waals surface area contributed by atoms with Crippen molar-refractivity contribution in [1.29, 1.82) is 0 Å². The lowest BCUT2D eigenvalue weighted by Gasteiger charge is -2.04. The van der Waals surface area contributed by atoms with E-state index in [2.05, 4.69) is 10.3 Å². The van der Waals surface area contributed by atoms with Crippen molar-refractivity contribution in [3.8, 4) is 5.75 Å². The number of pyridine rings is 1. The minimum Gasteiger partial charge on any atom is -0.476 e. The van der Waals surface area contributed by atoms with Crippen molar-refractivity contribution in [3.05, 3.63) is 28.4 Å². The minimum atomic E-state index is -0.667. The molecule has 1 heterocycles. The van der Waals surface area contributed by atoms with Gasteiger partial charge in [-0.1, -0.05) is 0 Å². The van der Waals surface area contributed by atoms with E-state index in [1.807, 2.05) is 0 Å². The van der Waals surface area contributed by atoms with Crippen molar-refractivity contribution in [2.24, 2.45) is 0 Å². The number of nitro groups is 1. The second-order valence-corrected chi connectivity index (χ2v) is 2.54. The van der Waals surface area contributed by atoms with E-state index in [9.17, 15) is 14.9 Å². The maximum absolute atomic E-state index is 10.8. The van der Waals surface area contributed by atoms with Gasteiger partial charge in [0.2, 0.25) is 5.75 Å². The van der Waals surface area contributed by atoms with Crippen LogP contribution >= 0.6 is 0 Å². The van der Waals surface area contributed by atoms with Crippen LogP contribution in [-0.2, 0) is 4.79 Å². The van der Waals surface area contributed by atoms with Crippen molar-refractivity contribution >= 4 is 11.7 Å². The van der Waals surface area contributed by atoms with E-state index >= 15 is 0 Å². The highest BCUT2D eigenvalue weighted by atomic mass is 16.6. The van der Waals surface area contributed by atoms with E-state index in [4.69, 9.17) is 4.74 Å². The van der Waals surface area contributed by atoms with E-state index in [1.165, 1.54) is 25.4 Å². The molecule has 1 rings (SSSR count). The van der Waals surface area contributed by atoms with Gasteiger partial charge in [-0.25, -0.2) is 0 Å². The van der Waals surface area contributed by atoms with Gasteiger partial charge >= 0.3 is 5.82 Å². The molecule has 0 aromatic carbocycles. The zero-order valence-electron chi connectivity index (χ0n) is 7.97. The highest BCUT2D eigenvalue weighted by molar-refractivity contribution is 5.77. The number of hydrogen-bond acceptors (Lipinski definition) is 5. The van der Waals surface area contributed by atoms with Crippen LogP contribution in [0.25, 0.3) is 0 Å². The van der Waals surface area contributed by atoms with Crippen molar-refractivity contribution in [2.45, 2.75) is 0 Å². The van der Waals surface area contributed by atoms with E-state index < -0.39 is 10.7 Å². The van der Waals surface area contributed by atoms with Crippen LogP contribution in [0.4, 0.5) is 5.82 Å². The summed E-state index contributed by atoms with van der Waals surface area (Å²) in [7, 11) is 1.45. The average Bonchev–Trinajstić information content (AvgIpc) is 2.26. The number of rotatable bonds is 4. The molecule has 0 radical (unpaired) electrons. The van der Waals surface area contributed by atoms with Gasteiger partial charge in [0.25, 0.3) is 5.91 Å². The van der Waals surface area contributed by atoms with Gasteiger partial charge in [0.05, 0.1) is 0 Å². The molecule has 7 heteroatoms. The third kappa shape index (κ3) is 2.90. The van der Waals surface area contributed by atoms with Crippen molar-refractivity contribution in [3.63, 3.8) is 0 Å². The summed E-state index contributed by atoms with van der Waals surface area (Å²) in [6.45, 7) is -0.275. The van der Waals surface area contributed by atoms with Crippen molar-refractivity contribution in [1.82, 2.24) is 10.3 Å². The third-order valence-electron chi connectivity index (χ3n) is 1.56. The second kappa shape index (κ2) is 4.89.